The van der Waals surface area contributed by atoms with Crippen LogP contribution in [0.25, 0.3) is 0 Å². The number of nitrogens with zero attached hydrogens (tertiary/aromatic N) is 1. The van der Waals surface area contributed by atoms with Gasteiger partial charge in [0.1, 0.15) is 0 Å². The molecule has 6 heteroatoms. The Labute approximate surface area is 117 Å². The van der Waals surface area contributed by atoms with Crippen molar-refractivity contribution in [2.45, 2.75) is 25.3 Å². The van der Waals surface area contributed by atoms with Crippen LogP contribution in [0.15, 0.2) is 18.2 Å². The minimum Gasteiger partial charge on any atom is -0.302 e. The number of Topliss-reactive ketones (excluding diaryl/α,β-unsaturated/α-hetero) is 1. The number of hydrogen-bond donors (Lipinski definition) is 0. The van der Waals surface area contributed by atoms with Crippen LogP contribution in [0.2, 0.25) is 0 Å². The lowest BCUT2D eigenvalue weighted by Gasteiger charge is -2.34. The average Bonchev–Trinajstić information content (AvgIpc) is 2.41. The molecule has 0 bridgehead atoms. The standard InChI is InChI=1S/C13H12BrF2NO2/c14-7-12(18)11-2-1-3-13(19)17(11)8-4-5-9(15)10(16)6-8/h4-6,11H,1-3,7H2/t11-/m0/s1. The Hall–Kier alpha value is -1.30. The van der Waals surface area contributed by atoms with E-state index in [1.165, 1.54) is 11.0 Å². The SMILES string of the molecule is O=C(CBr)[C@@H]1CCCC(=O)N1c1ccc(F)c(F)c1. The summed E-state index contributed by atoms with van der Waals surface area (Å²) in [7, 11) is 0. The van der Waals surface area contributed by atoms with Crippen LogP contribution in [0.4, 0.5) is 14.5 Å². The second-order valence-corrected chi connectivity index (χ2v) is 4.93. The van der Waals surface area contributed by atoms with Gasteiger partial charge in [0.05, 0.1) is 11.4 Å². The number of amides is 1. The van der Waals surface area contributed by atoms with Gasteiger partial charge in [0.15, 0.2) is 17.4 Å². The highest BCUT2D eigenvalue weighted by molar-refractivity contribution is 9.09. The third-order valence-electron chi connectivity index (χ3n) is 3.13. The first-order chi connectivity index (χ1) is 9.04. The number of carbonyl (C=O) groups is 2. The molecule has 0 saturated carbocycles. The van der Waals surface area contributed by atoms with E-state index in [0.29, 0.717) is 19.3 Å². The van der Waals surface area contributed by atoms with Gasteiger partial charge >= 0.3 is 0 Å². The molecule has 1 amide bonds. The second-order valence-electron chi connectivity index (χ2n) is 4.37. The lowest BCUT2D eigenvalue weighted by Crippen LogP contribution is -2.48. The largest absolute Gasteiger partial charge is 0.302 e. The van der Waals surface area contributed by atoms with Crippen LogP contribution < -0.4 is 4.90 Å². The van der Waals surface area contributed by atoms with E-state index in [-0.39, 0.29) is 22.7 Å². The van der Waals surface area contributed by atoms with Gasteiger partial charge in [-0.25, -0.2) is 8.78 Å². The van der Waals surface area contributed by atoms with E-state index < -0.39 is 17.7 Å². The predicted octanol–water partition coefficient (Wildman–Crippen LogP) is 2.81. The van der Waals surface area contributed by atoms with Crippen LogP contribution in [0.1, 0.15) is 19.3 Å². The van der Waals surface area contributed by atoms with Gasteiger partial charge in [-0.05, 0) is 25.0 Å². The second kappa shape index (κ2) is 5.77. The number of alkyl halides is 1. The molecule has 3 nitrogen and oxygen atoms in total. The molecule has 1 atom stereocenters. The highest BCUT2D eigenvalue weighted by atomic mass is 79.9. The molecule has 1 fully saturated rings. The van der Waals surface area contributed by atoms with Gasteiger partial charge in [-0.3, -0.25) is 9.59 Å². The molecule has 1 saturated heterocycles. The van der Waals surface area contributed by atoms with Gasteiger partial charge in [0.2, 0.25) is 5.91 Å². The number of piperidine rings is 1. The van der Waals surface area contributed by atoms with Crippen molar-refractivity contribution in [3.05, 3.63) is 29.8 Å². The molecule has 0 spiro atoms. The van der Waals surface area contributed by atoms with E-state index in [2.05, 4.69) is 15.9 Å². The lowest BCUT2D eigenvalue weighted by atomic mass is 9.97. The van der Waals surface area contributed by atoms with Crippen LogP contribution in [0.5, 0.6) is 0 Å². The predicted molar refractivity (Wildman–Crippen MR) is 70.3 cm³/mol. The maximum atomic E-state index is 13.3. The zero-order valence-corrected chi connectivity index (χ0v) is 11.6. The Kier molecular flexibility index (Phi) is 4.29. The van der Waals surface area contributed by atoms with Crippen LogP contribution in [-0.2, 0) is 9.59 Å². The molecular weight excluding hydrogens is 320 g/mol. The fraction of sp³-hybridized carbons (Fsp3) is 0.385. The summed E-state index contributed by atoms with van der Waals surface area (Å²) in [5, 5.41) is 0.130. The molecule has 1 aliphatic rings. The minimum absolute atomic E-state index is 0.130. The van der Waals surface area contributed by atoms with E-state index in [9.17, 15) is 18.4 Å². The van der Waals surface area contributed by atoms with Gasteiger partial charge in [0.25, 0.3) is 0 Å². The molecule has 0 aliphatic carbocycles. The third kappa shape index (κ3) is 2.83. The van der Waals surface area contributed by atoms with Crippen LogP contribution >= 0.6 is 15.9 Å². The topological polar surface area (TPSA) is 37.4 Å². The van der Waals surface area contributed by atoms with Crippen molar-refractivity contribution in [1.82, 2.24) is 0 Å². The summed E-state index contributed by atoms with van der Waals surface area (Å²) in [6.45, 7) is 0. The van der Waals surface area contributed by atoms with Crippen molar-refractivity contribution >= 4 is 33.3 Å². The molecule has 1 aromatic rings. The Morgan fingerprint density at radius 2 is 2.11 bits per heavy atom. The van der Waals surface area contributed by atoms with E-state index in [0.717, 1.165) is 12.1 Å². The summed E-state index contributed by atoms with van der Waals surface area (Å²) in [5.74, 6) is -2.38. The maximum Gasteiger partial charge on any atom is 0.227 e. The third-order valence-corrected chi connectivity index (χ3v) is 3.69. The molecule has 1 heterocycles. The quantitative estimate of drug-likeness (QED) is 0.799. The van der Waals surface area contributed by atoms with E-state index >= 15 is 0 Å². The van der Waals surface area contributed by atoms with Crippen molar-refractivity contribution in [1.29, 1.82) is 0 Å². The molecule has 19 heavy (non-hydrogen) atoms. The molecule has 0 unspecified atom stereocenters. The van der Waals surface area contributed by atoms with Gasteiger partial charge in [0, 0.05) is 18.2 Å². The number of anilines is 1. The lowest BCUT2D eigenvalue weighted by molar-refractivity contribution is -0.125. The van der Waals surface area contributed by atoms with E-state index in [1.807, 2.05) is 0 Å². The molecular formula is C13H12BrF2NO2. The van der Waals surface area contributed by atoms with E-state index in [1.54, 1.807) is 0 Å². The van der Waals surface area contributed by atoms with Gasteiger partial charge in [-0.2, -0.15) is 0 Å². The van der Waals surface area contributed by atoms with E-state index in [4.69, 9.17) is 0 Å². The Balaban J connectivity index is 2.38. The van der Waals surface area contributed by atoms with Crippen molar-refractivity contribution in [3.8, 4) is 0 Å². The maximum absolute atomic E-state index is 13.3. The smallest absolute Gasteiger partial charge is 0.227 e. The van der Waals surface area contributed by atoms with Crippen molar-refractivity contribution in [2.75, 3.05) is 10.2 Å². The number of carbonyl (C=O) groups excluding carboxylic acids is 2. The summed E-state index contributed by atoms with van der Waals surface area (Å²) in [6.07, 6.45) is 1.47. The number of halogens is 3. The summed E-state index contributed by atoms with van der Waals surface area (Å²) >= 11 is 3.07. The van der Waals surface area contributed by atoms with Crippen LogP contribution in [0, 0.1) is 11.6 Å². The Bertz CT molecular complexity index is 521. The monoisotopic (exact) mass is 331 g/mol. The molecule has 0 radical (unpaired) electrons. The number of ketones is 1. The van der Waals surface area contributed by atoms with Gasteiger partial charge in [-0.1, -0.05) is 15.9 Å². The first kappa shape index (κ1) is 14.1. The molecule has 1 aromatic carbocycles. The fourth-order valence-electron chi connectivity index (χ4n) is 2.22. The molecule has 1 aliphatic heterocycles. The summed E-state index contributed by atoms with van der Waals surface area (Å²) in [6, 6.07) is 2.62. The summed E-state index contributed by atoms with van der Waals surface area (Å²) in [5.41, 5.74) is 0.225. The van der Waals surface area contributed by atoms with Gasteiger partial charge in [-0.15, -0.1) is 0 Å². The van der Waals surface area contributed by atoms with Crippen LogP contribution in [-0.4, -0.2) is 23.1 Å². The first-order valence-corrected chi connectivity index (χ1v) is 7.02. The molecule has 2 rings (SSSR count). The normalized spacial score (nSPS) is 19.6. The zero-order chi connectivity index (χ0) is 14.0. The molecule has 0 aromatic heterocycles. The van der Waals surface area contributed by atoms with Gasteiger partial charge < -0.3 is 4.90 Å². The fourth-order valence-corrected chi connectivity index (χ4v) is 2.60. The highest BCUT2D eigenvalue weighted by Gasteiger charge is 2.33. The average molecular weight is 332 g/mol. The number of hydrogen-bond acceptors (Lipinski definition) is 2. The summed E-state index contributed by atoms with van der Waals surface area (Å²) in [4.78, 5) is 25.1. The highest BCUT2D eigenvalue weighted by Crippen LogP contribution is 2.27. The first-order valence-electron chi connectivity index (χ1n) is 5.90. The Morgan fingerprint density at radius 3 is 2.74 bits per heavy atom. The van der Waals surface area contributed by atoms with Crippen molar-refractivity contribution in [3.63, 3.8) is 0 Å². The number of rotatable bonds is 3. The number of benzene rings is 1. The summed E-state index contributed by atoms with van der Waals surface area (Å²) < 4.78 is 26.2. The Morgan fingerprint density at radius 1 is 1.37 bits per heavy atom. The van der Waals surface area contributed by atoms with Crippen molar-refractivity contribution < 1.29 is 18.4 Å². The van der Waals surface area contributed by atoms with Crippen LogP contribution in [0.3, 0.4) is 0 Å². The minimum atomic E-state index is -1.03. The molecule has 102 valence electrons. The van der Waals surface area contributed by atoms with Crippen molar-refractivity contribution in [2.24, 2.45) is 0 Å². The molecule has 0 N–H and O–H groups in total. The zero-order valence-electron chi connectivity index (χ0n) is 10.0.